The lowest BCUT2D eigenvalue weighted by Gasteiger charge is -2.01. The predicted octanol–water partition coefficient (Wildman–Crippen LogP) is -0.702. The lowest BCUT2D eigenvalue weighted by molar-refractivity contribution is -0.132. The third kappa shape index (κ3) is 3.41. The van der Waals surface area contributed by atoms with Crippen LogP contribution in [0.5, 0.6) is 0 Å². The first-order valence-electron chi connectivity index (χ1n) is 3.43. The molecule has 74 valence electrons. The Bertz CT molecular complexity index is 236. The fourth-order valence-corrected chi connectivity index (χ4v) is 0.462. The minimum atomic E-state index is -0.830. The SMILES string of the molecule is CCO/N=C(C(=O)OC)/C(N)=N/O. The van der Waals surface area contributed by atoms with Crippen LogP contribution in [0.2, 0.25) is 0 Å². The predicted molar refractivity (Wildman–Crippen MR) is 44.5 cm³/mol. The number of carbonyl (C=O) groups excluding carboxylic acids is 1. The molecular formula is C6H11N3O4. The Morgan fingerprint density at radius 1 is 1.62 bits per heavy atom. The monoisotopic (exact) mass is 189 g/mol. The summed E-state index contributed by atoms with van der Waals surface area (Å²) in [5, 5.41) is 14.2. The van der Waals surface area contributed by atoms with Gasteiger partial charge < -0.3 is 20.5 Å². The van der Waals surface area contributed by atoms with Crippen LogP contribution in [0.4, 0.5) is 0 Å². The first kappa shape index (κ1) is 11.2. The molecule has 0 fully saturated rings. The number of nitrogens with zero attached hydrogens (tertiary/aromatic N) is 2. The zero-order valence-electron chi connectivity index (χ0n) is 7.35. The molecule has 7 heteroatoms. The minimum absolute atomic E-state index is 0.263. The lowest BCUT2D eigenvalue weighted by Crippen LogP contribution is -2.32. The molecule has 0 rings (SSSR count). The van der Waals surface area contributed by atoms with Gasteiger partial charge in [-0.2, -0.15) is 0 Å². The molecule has 0 unspecified atom stereocenters. The highest BCUT2D eigenvalue weighted by atomic mass is 16.6. The van der Waals surface area contributed by atoms with E-state index in [9.17, 15) is 4.79 Å². The molecule has 0 aliphatic carbocycles. The molecule has 0 amide bonds. The van der Waals surface area contributed by atoms with Crippen molar-refractivity contribution in [2.24, 2.45) is 16.0 Å². The molecule has 0 spiro atoms. The molecule has 0 radical (unpaired) electrons. The number of oxime groups is 2. The van der Waals surface area contributed by atoms with E-state index in [1.807, 2.05) is 0 Å². The fourth-order valence-electron chi connectivity index (χ4n) is 0.462. The molecule has 3 N–H and O–H groups in total. The Morgan fingerprint density at radius 2 is 2.23 bits per heavy atom. The van der Waals surface area contributed by atoms with Gasteiger partial charge in [-0.05, 0) is 6.92 Å². The van der Waals surface area contributed by atoms with Crippen molar-refractivity contribution in [1.29, 1.82) is 0 Å². The van der Waals surface area contributed by atoms with Crippen LogP contribution in [0.15, 0.2) is 10.3 Å². The van der Waals surface area contributed by atoms with Gasteiger partial charge in [-0.1, -0.05) is 10.3 Å². The van der Waals surface area contributed by atoms with E-state index in [-0.39, 0.29) is 12.3 Å². The van der Waals surface area contributed by atoms with E-state index < -0.39 is 11.8 Å². The molecule has 13 heavy (non-hydrogen) atoms. The zero-order valence-corrected chi connectivity index (χ0v) is 7.35. The van der Waals surface area contributed by atoms with E-state index in [4.69, 9.17) is 10.9 Å². The number of hydrogen-bond donors (Lipinski definition) is 2. The Labute approximate surface area is 74.8 Å². The Hall–Kier alpha value is -1.79. The Kier molecular flexibility index (Phi) is 5.01. The summed E-state index contributed by atoms with van der Waals surface area (Å²) in [5.41, 5.74) is 4.75. The Balaban J connectivity index is 4.65. The largest absolute Gasteiger partial charge is 0.464 e. The van der Waals surface area contributed by atoms with Crippen LogP contribution >= 0.6 is 0 Å². The molecule has 0 bridgehead atoms. The first-order valence-corrected chi connectivity index (χ1v) is 3.43. The van der Waals surface area contributed by atoms with Crippen molar-refractivity contribution in [3.8, 4) is 0 Å². The maximum atomic E-state index is 10.9. The minimum Gasteiger partial charge on any atom is -0.464 e. The summed E-state index contributed by atoms with van der Waals surface area (Å²) >= 11 is 0. The summed E-state index contributed by atoms with van der Waals surface area (Å²) in [6.45, 7) is 1.93. The van der Waals surface area contributed by atoms with Crippen molar-refractivity contribution in [3.63, 3.8) is 0 Å². The van der Waals surface area contributed by atoms with Crippen LogP contribution in [0.1, 0.15) is 6.92 Å². The summed E-state index contributed by atoms with van der Waals surface area (Å²) in [4.78, 5) is 15.5. The van der Waals surface area contributed by atoms with Crippen molar-refractivity contribution in [3.05, 3.63) is 0 Å². The summed E-state index contributed by atoms with van der Waals surface area (Å²) in [6.07, 6.45) is 0. The normalized spacial score (nSPS) is 12.5. The van der Waals surface area contributed by atoms with Crippen LogP contribution in [0.3, 0.4) is 0 Å². The van der Waals surface area contributed by atoms with Gasteiger partial charge in [0.2, 0.25) is 5.71 Å². The maximum Gasteiger partial charge on any atom is 0.364 e. The quantitative estimate of drug-likeness (QED) is 0.200. The first-order chi connectivity index (χ1) is 6.17. The van der Waals surface area contributed by atoms with Gasteiger partial charge in [0.05, 0.1) is 7.11 Å². The summed E-state index contributed by atoms with van der Waals surface area (Å²) in [6, 6.07) is 0. The lowest BCUT2D eigenvalue weighted by atomic mass is 10.3. The standard InChI is InChI=1S/C6H11N3O4/c1-3-13-9-4(5(7)8-11)6(10)12-2/h11H,3H2,1-2H3,(H2,7,8)/b9-4-. The van der Waals surface area contributed by atoms with Crippen LogP contribution < -0.4 is 5.73 Å². The van der Waals surface area contributed by atoms with Crippen molar-refractivity contribution >= 4 is 17.5 Å². The van der Waals surface area contributed by atoms with Gasteiger partial charge in [0.15, 0.2) is 5.84 Å². The third-order valence-electron chi connectivity index (χ3n) is 1.01. The summed E-state index contributed by atoms with van der Waals surface area (Å²) < 4.78 is 4.31. The van der Waals surface area contributed by atoms with Crippen LogP contribution in [-0.2, 0) is 14.4 Å². The summed E-state index contributed by atoms with van der Waals surface area (Å²) in [5.74, 6) is -1.29. The average Bonchev–Trinajstić information content (AvgIpc) is 2.17. The van der Waals surface area contributed by atoms with E-state index in [0.717, 1.165) is 7.11 Å². The molecule has 0 saturated carbocycles. The molecule has 0 aromatic carbocycles. The van der Waals surface area contributed by atoms with Crippen LogP contribution in [0.25, 0.3) is 0 Å². The molecule has 0 aliphatic heterocycles. The maximum absolute atomic E-state index is 10.9. The van der Waals surface area contributed by atoms with Gasteiger partial charge in [-0.25, -0.2) is 4.79 Å². The number of rotatable bonds is 4. The van der Waals surface area contributed by atoms with Crippen molar-refractivity contribution in [2.45, 2.75) is 6.92 Å². The van der Waals surface area contributed by atoms with Crippen molar-refractivity contribution < 1.29 is 19.6 Å². The highest BCUT2D eigenvalue weighted by Crippen LogP contribution is 1.87. The van der Waals surface area contributed by atoms with E-state index in [1.165, 1.54) is 0 Å². The van der Waals surface area contributed by atoms with E-state index in [1.54, 1.807) is 6.92 Å². The highest BCUT2D eigenvalue weighted by molar-refractivity contribution is 6.64. The van der Waals surface area contributed by atoms with Crippen LogP contribution in [0, 0.1) is 0 Å². The molecular weight excluding hydrogens is 178 g/mol. The average molecular weight is 189 g/mol. The number of ether oxygens (including phenoxy) is 1. The molecule has 0 aromatic rings. The van der Waals surface area contributed by atoms with Gasteiger partial charge in [0.1, 0.15) is 6.61 Å². The second-order valence-corrected chi connectivity index (χ2v) is 1.83. The Morgan fingerprint density at radius 3 is 2.62 bits per heavy atom. The molecule has 0 saturated heterocycles. The zero-order chi connectivity index (χ0) is 10.3. The second kappa shape index (κ2) is 5.81. The molecule has 0 aromatic heterocycles. The van der Waals surface area contributed by atoms with Gasteiger partial charge in [0, 0.05) is 0 Å². The molecule has 7 nitrogen and oxygen atoms in total. The number of hydrogen-bond acceptors (Lipinski definition) is 6. The summed E-state index contributed by atoms with van der Waals surface area (Å²) in [7, 11) is 1.15. The topological polar surface area (TPSA) is 106 Å². The third-order valence-corrected chi connectivity index (χ3v) is 1.01. The number of nitrogens with two attached hydrogens (primary N) is 1. The number of methoxy groups -OCH3 is 1. The van der Waals surface area contributed by atoms with E-state index >= 15 is 0 Å². The second-order valence-electron chi connectivity index (χ2n) is 1.83. The molecule has 0 aliphatic rings. The van der Waals surface area contributed by atoms with Gasteiger partial charge in [0.25, 0.3) is 0 Å². The number of carbonyl (C=O) groups is 1. The molecule has 0 atom stereocenters. The number of esters is 1. The number of amidine groups is 1. The molecule has 0 heterocycles. The van der Waals surface area contributed by atoms with Crippen molar-refractivity contribution in [1.82, 2.24) is 0 Å². The smallest absolute Gasteiger partial charge is 0.364 e. The van der Waals surface area contributed by atoms with Crippen molar-refractivity contribution in [2.75, 3.05) is 13.7 Å². The van der Waals surface area contributed by atoms with Crippen LogP contribution in [-0.4, -0.2) is 36.4 Å². The van der Waals surface area contributed by atoms with E-state index in [2.05, 4.69) is 19.9 Å². The van der Waals surface area contributed by atoms with Gasteiger partial charge in [-0.15, -0.1) is 0 Å². The fraction of sp³-hybridized carbons (Fsp3) is 0.500. The van der Waals surface area contributed by atoms with E-state index in [0.29, 0.717) is 0 Å². The van der Waals surface area contributed by atoms with Gasteiger partial charge in [-0.3, -0.25) is 0 Å². The highest BCUT2D eigenvalue weighted by Gasteiger charge is 2.17. The van der Waals surface area contributed by atoms with Gasteiger partial charge >= 0.3 is 5.97 Å².